The molecule has 0 saturated heterocycles. The average molecular weight is 358 g/mol. The number of hydrogen-bond acceptors (Lipinski definition) is 3. The first-order valence-corrected chi connectivity index (χ1v) is 7.07. The Bertz CT molecular complexity index is 548. The number of nitrogens with one attached hydrogen (secondary N) is 3. The molecule has 0 aliphatic rings. The lowest BCUT2D eigenvalue weighted by atomic mass is 10.2. The minimum absolute atomic E-state index is 0.0382. The fourth-order valence-corrected chi connectivity index (χ4v) is 1.82. The summed E-state index contributed by atoms with van der Waals surface area (Å²) in [4.78, 5) is 34.0. The molecule has 0 aliphatic heterocycles. The number of urea groups is 1. The van der Waals surface area contributed by atoms with E-state index in [-0.39, 0.29) is 23.7 Å². The Morgan fingerprint density at radius 3 is 2.57 bits per heavy atom. The molecule has 8 heteroatoms. The van der Waals surface area contributed by atoms with Crippen LogP contribution in [0.1, 0.15) is 23.7 Å². The van der Waals surface area contributed by atoms with E-state index < -0.39 is 12.0 Å². The molecule has 114 valence electrons. The monoisotopic (exact) mass is 357 g/mol. The second-order valence-corrected chi connectivity index (χ2v) is 5.07. The molecule has 0 bridgehead atoms. The lowest BCUT2D eigenvalue weighted by Gasteiger charge is -2.10. The molecule has 0 heterocycles. The molecular weight excluding hydrogens is 342 g/mol. The molecular formula is C13H16BrN3O4. The molecule has 0 saturated carbocycles. The van der Waals surface area contributed by atoms with E-state index in [2.05, 4.69) is 31.9 Å². The second-order valence-electron chi connectivity index (χ2n) is 4.15. The van der Waals surface area contributed by atoms with Gasteiger partial charge in [0, 0.05) is 11.0 Å². The van der Waals surface area contributed by atoms with Crippen LogP contribution in [0.3, 0.4) is 0 Å². The summed E-state index contributed by atoms with van der Waals surface area (Å²) in [5, 5.41) is 16.4. The summed E-state index contributed by atoms with van der Waals surface area (Å²) in [7, 11) is 0. The van der Waals surface area contributed by atoms with Crippen LogP contribution in [-0.2, 0) is 4.79 Å². The van der Waals surface area contributed by atoms with Crippen LogP contribution in [-0.4, -0.2) is 36.1 Å². The first kappa shape index (κ1) is 17.0. The third-order valence-corrected chi connectivity index (χ3v) is 2.94. The van der Waals surface area contributed by atoms with Gasteiger partial charge in [-0.3, -0.25) is 4.79 Å². The summed E-state index contributed by atoms with van der Waals surface area (Å²) >= 11 is 3.20. The molecule has 1 aromatic carbocycles. The highest BCUT2D eigenvalue weighted by atomic mass is 79.9. The van der Waals surface area contributed by atoms with Crippen molar-refractivity contribution in [3.8, 4) is 0 Å². The molecule has 1 rings (SSSR count). The van der Waals surface area contributed by atoms with Gasteiger partial charge in [-0.15, -0.1) is 0 Å². The average Bonchev–Trinajstić information content (AvgIpc) is 2.42. The first-order chi connectivity index (χ1) is 9.93. The minimum atomic E-state index is -1.15. The highest BCUT2D eigenvalue weighted by Gasteiger charge is 2.13. The largest absolute Gasteiger partial charge is 0.478 e. The number of carboxylic acid groups (broad SMARTS) is 1. The smallest absolute Gasteiger partial charge is 0.337 e. The molecule has 0 fully saturated rings. The normalized spacial score (nSPS) is 9.81. The number of rotatable bonds is 6. The molecule has 0 aliphatic carbocycles. The van der Waals surface area contributed by atoms with E-state index >= 15 is 0 Å². The molecule has 1 aromatic rings. The molecule has 0 unspecified atom stereocenters. The fraction of sp³-hybridized carbons (Fsp3) is 0.308. The lowest BCUT2D eigenvalue weighted by molar-refractivity contribution is -0.120. The Kier molecular flexibility index (Phi) is 6.67. The Hall–Kier alpha value is -2.09. The first-order valence-electron chi connectivity index (χ1n) is 6.28. The molecule has 7 nitrogen and oxygen atoms in total. The molecule has 3 amide bonds. The van der Waals surface area contributed by atoms with Crippen LogP contribution >= 0.6 is 15.9 Å². The van der Waals surface area contributed by atoms with E-state index in [1.54, 1.807) is 6.07 Å². The summed E-state index contributed by atoms with van der Waals surface area (Å²) in [5.74, 6) is -1.46. The zero-order valence-corrected chi connectivity index (χ0v) is 13.0. The van der Waals surface area contributed by atoms with Gasteiger partial charge in [-0.05, 0) is 24.6 Å². The molecule has 0 spiro atoms. The number of anilines is 1. The van der Waals surface area contributed by atoms with Crippen LogP contribution in [0.2, 0.25) is 0 Å². The van der Waals surface area contributed by atoms with Crippen molar-refractivity contribution in [1.29, 1.82) is 0 Å². The van der Waals surface area contributed by atoms with E-state index in [1.165, 1.54) is 12.1 Å². The molecule has 0 atom stereocenters. The summed E-state index contributed by atoms with van der Waals surface area (Å²) in [5.41, 5.74) is 0.104. The second kappa shape index (κ2) is 8.25. The van der Waals surface area contributed by atoms with Gasteiger partial charge in [-0.1, -0.05) is 22.9 Å². The number of benzene rings is 1. The van der Waals surface area contributed by atoms with E-state index in [4.69, 9.17) is 5.11 Å². The number of carbonyl (C=O) groups excluding carboxylic acids is 2. The van der Waals surface area contributed by atoms with E-state index in [9.17, 15) is 14.4 Å². The Morgan fingerprint density at radius 1 is 1.24 bits per heavy atom. The number of halogens is 1. The van der Waals surface area contributed by atoms with E-state index in [0.29, 0.717) is 11.0 Å². The van der Waals surface area contributed by atoms with Crippen LogP contribution in [0.15, 0.2) is 22.7 Å². The molecule has 0 radical (unpaired) electrons. The summed E-state index contributed by atoms with van der Waals surface area (Å²) in [6.45, 7) is 2.28. The van der Waals surface area contributed by atoms with Gasteiger partial charge >= 0.3 is 12.0 Å². The van der Waals surface area contributed by atoms with Crippen molar-refractivity contribution in [3.63, 3.8) is 0 Å². The van der Waals surface area contributed by atoms with Crippen LogP contribution in [0, 0.1) is 0 Å². The van der Waals surface area contributed by atoms with Crippen molar-refractivity contribution in [2.24, 2.45) is 0 Å². The van der Waals surface area contributed by atoms with Crippen LogP contribution in [0.25, 0.3) is 0 Å². The standard InChI is InChI=1S/C13H16BrN3O4/c1-2-5-15-11(18)7-16-13(21)17-10-6-8(14)3-4-9(10)12(19)20/h3-4,6H,2,5,7H2,1H3,(H,15,18)(H,19,20)(H2,16,17,21). The molecule has 21 heavy (non-hydrogen) atoms. The van der Waals surface area contributed by atoms with Gasteiger partial charge in [0.25, 0.3) is 0 Å². The fourth-order valence-electron chi connectivity index (χ4n) is 1.46. The summed E-state index contributed by atoms with van der Waals surface area (Å²) < 4.78 is 0.628. The predicted molar refractivity (Wildman–Crippen MR) is 81.4 cm³/mol. The van der Waals surface area contributed by atoms with Gasteiger partial charge in [0.15, 0.2) is 0 Å². The lowest BCUT2D eigenvalue weighted by Crippen LogP contribution is -2.39. The zero-order chi connectivity index (χ0) is 15.8. The number of amides is 3. The number of hydrogen-bond donors (Lipinski definition) is 4. The number of carboxylic acids is 1. The topological polar surface area (TPSA) is 108 Å². The van der Waals surface area contributed by atoms with Crippen LogP contribution in [0.5, 0.6) is 0 Å². The van der Waals surface area contributed by atoms with E-state index in [1.807, 2.05) is 6.92 Å². The van der Waals surface area contributed by atoms with Crippen molar-refractivity contribution in [1.82, 2.24) is 10.6 Å². The molecule has 0 aromatic heterocycles. The zero-order valence-electron chi connectivity index (χ0n) is 11.4. The van der Waals surface area contributed by atoms with Gasteiger partial charge in [0.1, 0.15) is 0 Å². The van der Waals surface area contributed by atoms with Crippen molar-refractivity contribution in [3.05, 3.63) is 28.2 Å². The summed E-state index contributed by atoms with van der Waals surface area (Å²) in [6, 6.07) is 3.75. The number of carbonyl (C=O) groups is 3. The minimum Gasteiger partial charge on any atom is -0.478 e. The Morgan fingerprint density at radius 2 is 1.95 bits per heavy atom. The van der Waals surface area contributed by atoms with Crippen molar-refractivity contribution in [2.75, 3.05) is 18.4 Å². The maximum absolute atomic E-state index is 11.7. The maximum atomic E-state index is 11.7. The van der Waals surface area contributed by atoms with Crippen molar-refractivity contribution < 1.29 is 19.5 Å². The van der Waals surface area contributed by atoms with Gasteiger partial charge in [0.2, 0.25) is 5.91 Å². The van der Waals surface area contributed by atoms with Gasteiger partial charge in [-0.25, -0.2) is 9.59 Å². The van der Waals surface area contributed by atoms with E-state index in [0.717, 1.165) is 6.42 Å². The summed E-state index contributed by atoms with van der Waals surface area (Å²) in [6.07, 6.45) is 0.804. The third-order valence-electron chi connectivity index (χ3n) is 2.44. The third kappa shape index (κ3) is 5.82. The van der Waals surface area contributed by atoms with Gasteiger partial charge < -0.3 is 21.1 Å². The maximum Gasteiger partial charge on any atom is 0.337 e. The van der Waals surface area contributed by atoms with Crippen molar-refractivity contribution in [2.45, 2.75) is 13.3 Å². The van der Waals surface area contributed by atoms with Crippen molar-refractivity contribution >= 4 is 39.5 Å². The Balaban J connectivity index is 2.60. The predicted octanol–water partition coefficient (Wildman–Crippen LogP) is 1.79. The van der Waals surface area contributed by atoms with Gasteiger partial charge in [0.05, 0.1) is 17.8 Å². The highest BCUT2D eigenvalue weighted by molar-refractivity contribution is 9.10. The SMILES string of the molecule is CCCNC(=O)CNC(=O)Nc1cc(Br)ccc1C(=O)O. The number of aromatic carboxylic acids is 1. The van der Waals surface area contributed by atoms with Crippen LogP contribution < -0.4 is 16.0 Å². The Labute approximate surface area is 130 Å². The highest BCUT2D eigenvalue weighted by Crippen LogP contribution is 2.21. The molecule has 4 N–H and O–H groups in total. The van der Waals surface area contributed by atoms with Crippen LogP contribution in [0.4, 0.5) is 10.5 Å². The van der Waals surface area contributed by atoms with Gasteiger partial charge in [-0.2, -0.15) is 0 Å². The quantitative estimate of drug-likeness (QED) is 0.622.